The molecule has 0 bridgehead atoms. The van der Waals surface area contributed by atoms with E-state index in [9.17, 15) is 8.78 Å². The summed E-state index contributed by atoms with van der Waals surface area (Å²) in [7, 11) is 0. The van der Waals surface area contributed by atoms with Crippen molar-refractivity contribution in [3.05, 3.63) is 351 Å². The standard InChI is InChI=1S/C82H62F6N2/c1-7-53-21-29-57(30-22-53)81(69-45-49(3)17-19-51(69)5)67-15-11-9-13-63(67)65-39-37-61(47-71(65)81)89(75-43-41-73(83)77(85)79(75)87)59-33-25-55(26-34-59)56-27-35-60(36-28-56)90(76-44-42-74(84)78(86)80(76)88)62-38-40-66-64-14-10-12-16-68(64)82(72(66)48-62,58-31-23-54(8-2)24-32-58)70-46-50(4)18-20-52(70)6/h7-23,25-45,47-48,54,70H,1-2,24,46H2,3-6H3. The molecule has 0 heterocycles. The molecule has 0 radical (unpaired) electrons. The van der Waals surface area contributed by atoms with Gasteiger partial charge >= 0.3 is 0 Å². The van der Waals surface area contributed by atoms with Gasteiger partial charge in [0.2, 0.25) is 0 Å². The Morgan fingerprint density at radius 3 is 1.58 bits per heavy atom. The highest BCUT2D eigenvalue weighted by atomic mass is 19.2. The highest BCUT2D eigenvalue weighted by Gasteiger charge is 2.52. The van der Waals surface area contributed by atoms with Crippen LogP contribution in [-0.4, -0.2) is 0 Å². The van der Waals surface area contributed by atoms with E-state index in [1.807, 2.05) is 97.1 Å². The quantitative estimate of drug-likeness (QED) is 0.0645. The van der Waals surface area contributed by atoms with Crippen molar-refractivity contribution in [2.75, 3.05) is 9.80 Å². The molecule has 8 heteroatoms. The Morgan fingerprint density at radius 1 is 0.478 bits per heavy atom. The zero-order chi connectivity index (χ0) is 62.3. The Balaban J connectivity index is 0.886. The monoisotopic (exact) mass is 1190 g/mol. The number of hydrogen-bond donors (Lipinski definition) is 0. The summed E-state index contributed by atoms with van der Waals surface area (Å²) in [4.78, 5) is 3.25. The topological polar surface area (TPSA) is 6.48 Å². The molecule has 90 heavy (non-hydrogen) atoms. The molecule has 4 unspecified atom stereocenters. The SMILES string of the molecule is C=Cc1ccc(C2(c3cc(C)ccc3C)c3ccccc3-c3ccc(N(c4ccc(-c5ccc(N(c6ccc7c(c6)C(C6=CCC(C=C)C=C6)(C6CC(C)=CC=C6C)c6ccccc6-7)c6ccc(F)c(F)c6F)cc5)cc4)c4ccc(F)c(F)c4F)cc32)cc1. The van der Waals surface area contributed by atoms with Crippen molar-refractivity contribution in [3.8, 4) is 33.4 Å². The van der Waals surface area contributed by atoms with Crippen LogP contribution in [0.25, 0.3) is 39.5 Å². The molecule has 0 fully saturated rings. The van der Waals surface area contributed by atoms with Gasteiger partial charge < -0.3 is 9.80 Å². The molecule has 10 aromatic carbocycles. The third-order valence-electron chi connectivity index (χ3n) is 19.2. The molecule has 442 valence electrons. The van der Waals surface area contributed by atoms with Crippen LogP contribution in [0.3, 0.4) is 0 Å². The molecular weight excluding hydrogens is 1130 g/mol. The number of rotatable bonds is 13. The van der Waals surface area contributed by atoms with E-state index in [2.05, 4.69) is 162 Å². The van der Waals surface area contributed by atoms with Crippen LogP contribution in [0.15, 0.2) is 267 Å². The molecule has 4 aliphatic carbocycles. The average Bonchev–Trinajstić information content (AvgIpc) is 1.52. The van der Waals surface area contributed by atoms with Gasteiger partial charge in [-0.25, -0.2) is 26.3 Å². The van der Waals surface area contributed by atoms with E-state index in [0.29, 0.717) is 22.7 Å². The first-order chi connectivity index (χ1) is 43.6. The van der Waals surface area contributed by atoms with Crippen molar-refractivity contribution in [1.82, 2.24) is 0 Å². The maximum Gasteiger partial charge on any atom is 0.196 e. The molecule has 4 atom stereocenters. The van der Waals surface area contributed by atoms with Gasteiger partial charge in [-0.3, -0.25) is 0 Å². The zero-order valence-corrected chi connectivity index (χ0v) is 50.2. The largest absolute Gasteiger partial charge is 0.308 e. The Morgan fingerprint density at radius 2 is 1.01 bits per heavy atom. The highest BCUT2D eigenvalue weighted by Crippen LogP contribution is 2.62. The second kappa shape index (κ2) is 22.4. The molecule has 10 aromatic rings. The van der Waals surface area contributed by atoms with Gasteiger partial charge in [0.1, 0.15) is 0 Å². The van der Waals surface area contributed by atoms with Crippen molar-refractivity contribution in [1.29, 1.82) is 0 Å². The summed E-state index contributed by atoms with van der Waals surface area (Å²) in [6.45, 7) is 16.7. The van der Waals surface area contributed by atoms with Crippen molar-refractivity contribution >= 4 is 40.2 Å². The number of fused-ring (bicyclic) bond motifs is 6. The summed E-state index contributed by atoms with van der Waals surface area (Å²) in [5.74, 6) is -8.30. The van der Waals surface area contributed by atoms with E-state index in [-0.39, 0.29) is 23.2 Å². The third-order valence-corrected chi connectivity index (χ3v) is 19.2. The minimum atomic E-state index is -1.60. The molecule has 2 nitrogen and oxygen atoms in total. The lowest BCUT2D eigenvalue weighted by Crippen LogP contribution is -2.38. The van der Waals surface area contributed by atoms with Crippen LogP contribution in [0.5, 0.6) is 0 Å². The number of hydrogen-bond acceptors (Lipinski definition) is 2. The molecule has 4 aliphatic rings. The summed E-state index contributed by atoms with van der Waals surface area (Å²) >= 11 is 0. The lowest BCUT2D eigenvalue weighted by atomic mass is 9.58. The Bertz CT molecular complexity index is 4720. The van der Waals surface area contributed by atoms with Crippen LogP contribution in [-0.2, 0) is 10.8 Å². The van der Waals surface area contributed by atoms with E-state index in [4.69, 9.17) is 0 Å². The van der Waals surface area contributed by atoms with Gasteiger partial charge in [-0.05, 0) is 203 Å². The zero-order valence-electron chi connectivity index (χ0n) is 50.2. The second-order valence-corrected chi connectivity index (χ2v) is 24.2. The molecule has 0 N–H and O–H groups in total. The molecule has 0 spiro atoms. The fraction of sp³-hybridized carbons (Fsp3) is 0.122. The van der Waals surface area contributed by atoms with Crippen LogP contribution in [0.1, 0.15) is 76.8 Å². The van der Waals surface area contributed by atoms with Crippen LogP contribution >= 0.6 is 0 Å². The number of anilines is 6. The Hall–Kier alpha value is -10.2. The van der Waals surface area contributed by atoms with Crippen LogP contribution in [0.4, 0.5) is 60.5 Å². The summed E-state index contributed by atoms with van der Waals surface area (Å²) in [5.41, 5.74) is 18.7. The normalized spacial score (nSPS) is 18.6. The van der Waals surface area contributed by atoms with Gasteiger partial charge in [-0.2, -0.15) is 0 Å². The van der Waals surface area contributed by atoms with E-state index in [0.717, 1.165) is 114 Å². The number of halogens is 6. The molecule has 14 rings (SSSR count). The summed E-state index contributed by atoms with van der Waals surface area (Å²) in [6, 6.07) is 62.9. The van der Waals surface area contributed by atoms with Crippen molar-refractivity contribution in [2.24, 2.45) is 11.8 Å². The maximum absolute atomic E-state index is 16.6. The van der Waals surface area contributed by atoms with E-state index in [1.165, 1.54) is 23.3 Å². The summed E-state index contributed by atoms with van der Waals surface area (Å²) in [5, 5.41) is 0. The van der Waals surface area contributed by atoms with E-state index >= 15 is 17.6 Å². The minimum absolute atomic E-state index is 0.00341. The first-order valence-corrected chi connectivity index (χ1v) is 30.4. The van der Waals surface area contributed by atoms with Crippen molar-refractivity contribution < 1.29 is 26.3 Å². The molecule has 0 saturated carbocycles. The number of benzene rings is 10. The highest BCUT2D eigenvalue weighted by molar-refractivity contribution is 5.92. The van der Waals surface area contributed by atoms with Crippen molar-refractivity contribution in [3.63, 3.8) is 0 Å². The van der Waals surface area contributed by atoms with Crippen molar-refractivity contribution in [2.45, 2.75) is 51.4 Å². The number of allylic oxidation sites excluding steroid dienone is 9. The molecule has 0 saturated heterocycles. The first kappa shape index (κ1) is 57.6. The fourth-order valence-electron chi connectivity index (χ4n) is 14.9. The van der Waals surface area contributed by atoms with Crippen LogP contribution in [0.2, 0.25) is 0 Å². The third kappa shape index (κ3) is 9.01. The molecule has 0 aliphatic heterocycles. The van der Waals surface area contributed by atoms with E-state index < -0.39 is 45.7 Å². The van der Waals surface area contributed by atoms with Crippen LogP contribution < -0.4 is 9.80 Å². The van der Waals surface area contributed by atoms with E-state index in [1.54, 1.807) is 9.80 Å². The smallest absolute Gasteiger partial charge is 0.196 e. The first-order valence-electron chi connectivity index (χ1n) is 30.4. The molecule has 0 aromatic heterocycles. The minimum Gasteiger partial charge on any atom is -0.308 e. The Labute approximate surface area is 521 Å². The number of aryl methyl sites for hydroxylation is 2. The van der Waals surface area contributed by atoms with Gasteiger partial charge in [0.15, 0.2) is 34.9 Å². The van der Waals surface area contributed by atoms with Gasteiger partial charge in [0.25, 0.3) is 0 Å². The summed E-state index contributed by atoms with van der Waals surface area (Å²) < 4.78 is 94.5. The Kier molecular flexibility index (Phi) is 14.4. The fourth-order valence-corrected chi connectivity index (χ4v) is 14.9. The van der Waals surface area contributed by atoms with Crippen LogP contribution in [0, 0.1) is 60.6 Å². The number of nitrogens with zero attached hydrogens (tertiary/aromatic N) is 2. The lowest BCUT2D eigenvalue weighted by molar-refractivity contribution is 0.422. The van der Waals surface area contributed by atoms with Gasteiger partial charge in [-0.1, -0.05) is 193 Å². The second-order valence-electron chi connectivity index (χ2n) is 24.2. The van der Waals surface area contributed by atoms with Gasteiger partial charge in [0, 0.05) is 28.7 Å². The maximum atomic E-state index is 16.6. The lowest BCUT2D eigenvalue weighted by Gasteiger charge is -2.44. The predicted octanol–water partition coefficient (Wildman–Crippen LogP) is 22.6. The van der Waals surface area contributed by atoms with Gasteiger partial charge in [0.05, 0.1) is 22.2 Å². The molecule has 0 amide bonds. The predicted molar refractivity (Wildman–Crippen MR) is 355 cm³/mol. The van der Waals surface area contributed by atoms with Gasteiger partial charge in [-0.15, -0.1) is 6.58 Å². The summed E-state index contributed by atoms with van der Waals surface area (Å²) in [6.07, 6.45) is 16.5. The molecular formula is C82H62F6N2. The average molecular weight is 1190 g/mol.